The maximum Gasteiger partial charge on any atom is 0.102 e. The number of rotatable bonds is 3. The predicted molar refractivity (Wildman–Crippen MR) is 45.0 cm³/mol. The van der Waals surface area contributed by atoms with Crippen molar-refractivity contribution >= 4 is 0 Å². The zero-order chi connectivity index (χ0) is 10.2. The van der Waals surface area contributed by atoms with Gasteiger partial charge in [0.25, 0.3) is 0 Å². The molecular formula is C6H16N2O4. The van der Waals surface area contributed by atoms with E-state index in [2.05, 4.69) is 21.0 Å². The lowest BCUT2D eigenvalue weighted by Gasteiger charge is -2.26. The van der Waals surface area contributed by atoms with Gasteiger partial charge >= 0.3 is 0 Å². The van der Waals surface area contributed by atoms with Crippen LogP contribution < -0.4 is 0 Å². The van der Waals surface area contributed by atoms with Crippen molar-refractivity contribution < 1.29 is 14.7 Å². The largest absolute Gasteiger partial charge is 0.391 e. The van der Waals surface area contributed by atoms with E-state index in [4.69, 9.17) is 20.4 Å². The Bertz CT molecular complexity index is 123. The highest BCUT2D eigenvalue weighted by atomic mass is 16.9. The fourth-order valence-electron chi connectivity index (χ4n) is 0.429. The molecule has 74 valence electrons. The highest BCUT2D eigenvalue weighted by Gasteiger charge is 2.08. The van der Waals surface area contributed by atoms with Crippen LogP contribution in [-0.4, -0.2) is 48.5 Å². The van der Waals surface area contributed by atoms with Gasteiger partial charge < -0.3 is 24.9 Å². The molecule has 0 saturated carbocycles. The van der Waals surface area contributed by atoms with Crippen LogP contribution >= 0.6 is 0 Å². The van der Waals surface area contributed by atoms with Gasteiger partial charge in [-0.1, -0.05) is 0 Å². The molecule has 0 amide bonds. The number of aliphatic hydroxyl groups excluding tert-OH is 1. The van der Waals surface area contributed by atoms with Crippen LogP contribution in [0, 0.1) is 15.3 Å². The van der Waals surface area contributed by atoms with Gasteiger partial charge in [-0.05, 0) is 6.92 Å². The summed E-state index contributed by atoms with van der Waals surface area (Å²) in [5, 5.41) is 23.3. The minimum atomic E-state index is -1.75. The number of quaternary nitrogens is 1. The Morgan fingerprint density at radius 3 is 1.83 bits per heavy atom. The fourth-order valence-corrected chi connectivity index (χ4v) is 0.429. The Kier molecular flexibility index (Phi) is 7.77. The summed E-state index contributed by atoms with van der Waals surface area (Å²) in [5.74, 6) is 0. The highest BCUT2D eigenvalue weighted by Crippen LogP contribution is 1.92. The van der Waals surface area contributed by atoms with Crippen molar-refractivity contribution in [2.75, 3.05) is 33.8 Å². The predicted octanol–water partition coefficient (Wildman–Crippen LogP) is -0.164. The summed E-state index contributed by atoms with van der Waals surface area (Å²) in [6.07, 6.45) is 0. The van der Waals surface area contributed by atoms with E-state index in [1.165, 1.54) is 0 Å². The summed E-state index contributed by atoms with van der Waals surface area (Å²) in [6.45, 7) is 4.35. The first-order chi connectivity index (χ1) is 5.35. The average Bonchev–Trinajstić information content (AvgIpc) is 1.86. The average molecular weight is 180 g/mol. The van der Waals surface area contributed by atoms with Gasteiger partial charge in [0.15, 0.2) is 0 Å². The van der Waals surface area contributed by atoms with Crippen molar-refractivity contribution in [3.05, 3.63) is 15.3 Å². The molecule has 0 aromatic heterocycles. The first kappa shape index (κ1) is 13.7. The Morgan fingerprint density at radius 1 is 1.42 bits per heavy atom. The molecule has 0 radical (unpaired) electrons. The van der Waals surface area contributed by atoms with Crippen LogP contribution in [0.25, 0.3) is 0 Å². The second-order valence-corrected chi connectivity index (χ2v) is 2.92. The van der Waals surface area contributed by atoms with Crippen LogP contribution in [-0.2, 0) is 0 Å². The van der Waals surface area contributed by atoms with Gasteiger partial charge in [-0.2, -0.15) is 0 Å². The molecule has 0 aliphatic rings. The molecule has 0 unspecified atom stereocenters. The third-order valence-corrected chi connectivity index (χ3v) is 1.56. The Hall–Kier alpha value is -0.880. The van der Waals surface area contributed by atoms with Gasteiger partial charge in [0.2, 0.25) is 0 Å². The van der Waals surface area contributed by atoms with Crippen LogP contribution in [0.5, 0.6) is 0 Å². The van der Waals surface area contributed by atoms with Crippen molar-refractivity contribution in [1.29, 1.82) is 0 Å². The van der Waals surface area contributed by atoms with E-state index in [0.717, 1.165) is 17.6 Å². The lowest BCUT2D eigenvalue weighted by molar-refractivity contribution is -0.888. The molecule has 0 rings (SSSR count). The third kappa shape index (κ3) is 16.1. The SMILES string of the molecule is CC[N+](C)(C)CCO.O=[N+]([O-])[O-]. The van der Waals surface area contributed by atoms with Crippen LogP contribution in [0.15, 0.2) is 0 Å². The molecule has 0 saturated heterocycles. The van der Waals surface area contributed by atoms with Crippen molar-refractivity contribution in [3.63, 3.8) is 0 Å². The summed E-state index contributed by atoms with van der Waals surface area (Å²) >= 11 is 0. The van der Waals surface area contributed by atoms with E-state index < -0.39 is 5.09 Å². The number of aliphatic hydroxyl groups is 1. The van der Waals surface area contributed by atoms with Crippen molar-refractivity contribution in [2.45, 2.75) is 6.92 Å². The molecule has 0 aromatic carbocycles. The van der Waals surface area contributed by atoms with Crippen LogP contribution in [0.3, 0.4) is 0 Å². The van der Waals surface area contributed by atoms with E-state index in [0.29, 0.717) is 6.61 Å². The van der Waals surface area contributed by atoms with Gasteiger partial charge in [-0.25, -0.2) is 0 Å². The molecular weight excluding hydrogens is 164 g/mol. The second kappa shape index (κ2) is 6.81. The summed E-state index contributed by atoms with van der Waals surface area (Å²) in [5.41, 5.74) is 0. The van der Waals surface area contributed by atoms with Crippen molar-refractivity contribution in [1.82, 2.24) is 0 Å². The molecule has 12 heavy (non-hydrogen) atoms. The maximum absolute atomic E-state index is 8.52. The van der Waals surface area contributed by atoms with Crippen LogP contribution in [0.4, 0.5) is 0 Å². The molecule has 0 bridgehead atoms. The summed E-state index contributed by atoms with van der Waals surface area (Å²) in [4.78, 5) is 8.25. The van der Waals surface area contributed by atoms with Gasteiger partial charge in [-0.3, -0.25) is 0 Å². The summed E-state index contributed by atoms with van der Waals surface area (Å²) in [7, 11) is 4.21. The molecule has 0 spiro atoms. The number of likely N-dealkylation sites (N-methyl/N-ethyl adjacent to an activating group) is 1. The van der Waals surface area contributed by atoms with E-state index in [1.807, 2.05) is 0 Å². The molecule has 6 nitrogen and oxygen atoms in total. The molecule has 1 N–H and O–H groups in total. The molecule has 0 atom stereocenters. The lowest BCUT2D eigenvalue weighted by atomic mass is 10.5. The van der Waals surface area contributed by atoms with Crippen molar-refractivity contribution in [3.8, 4) is 0 Å². The Balaban J connectivity index is 0. The molecule has 0 aliphatic carbocycles. The molecule has 0 aliphatic heterocycles. The van der Waals surface area contributed by atoms with E-state index in [9.17, 15) is 0 Å². The van der Waals surface area contributed by atoms with Gasteiger partial charge in [0, 0.05) is 0 Å². The number of hydrogen-bond donors (Lipinski definition) is 1. The zero-order valence-corrected chi connectivity index (χ0v) is 7.69. The normalized spacial score (nSPS) is 10.0. The van der Waals surface area contributed by atoms with Crippen LogP contribution in [0.2, 0.25) is 0 Å². The van der Waals surface area contributed by atoms with Crippen molar-refractivity contribution in [2.24, 2.45) is 0 Å². The quantitative estimate of drug-likeness (QED) is 0.371. The lowest BCUT2D eigenvalue weighted by Crippen LogP contribution is -2.41. The van der Waals surface area contributed by atoms with Gasteiger partial charge in [0.1, 0.15) is 6.54 Å². The Labute approximate surface area is 71.7 Å². The maximum atomic E-state index is 8.52. The molecule has 6 heteroatoms. The summed E-state index contributed by atoms with van der Waals surface area (Å²) in [6, 6.07) is 0. The number of hydrogen-bond acceptors (Lipinski definition) is 4. The first-order valence-electron chi connectivity index (χ1n) is 3.60. The van der Waals surface area contributed by atoms with Gasteiger partial charge in [0.05, 0.1) is 32.3 Å². The smallest absolute Gasteiger partial charge is 0.102 e. The van der Waals surface area contributed by atoms with E-state index >= 15 is 0 Å². The molecule has 0 heterocycles. The van der Waals surface area contributed by atoms with Crippen LogP contribution in [0.1, 0.15) is 6.92 Å². The van der Waals surface area contributed by atoms with Gasteiger partial charge in [-0.15, -0.1) is 0 Å². The van der Waals surface area contributed by atoms with E-state index in [-0.39, 0.29) is 0 Å². The molecule has 0 fully saturated rings. The number of nitrogens with zero attached hydrogens (tertiary/aromatic N) is 2. The topological polar surface area (TPSA) is 86.4 Å². The fraction of sp³-hybridized carbons (Fsp3) is 1.00. The third-order valence-electron chi connectivity index (χ3n) is 1.56. The minimum absolute atomic E-state index is 0.292. The monoisotopic (exact) mass is 180 g/mol. The zero-order valence-electron chi connectivity index (χ0n) is 7.69. The van der Waals surface area contributed by atoms with E-state index in [1.54, 1.807) is 0 Å². The Morgan fingerprint density at radius 2 is 1.75 bits per heavy atom. The molecule has 0 aromatic rings. The first-order valence-corrected chi connectivity index (χ1v) is 3.60. The standard InChI is InChI=1S/C6H16NO.NO3/c1-4-7(2,3)5-6-8;2-1(3)4/h8H,4-6H2,1-3H3;/q+1;-1. The minimum Gasteiger partial charge on any atom is -0.391 e. The summed E-state index contributed by atoms with van der Waals surface area (Å²) < 4.78 is 0.913. The second-order valence-electron chi connectivity index (χ2n) is 2.92. The highest BCUT2D eigenvalue weighted by molar-refractivity contribution is 4.24.